The molecule has 3 rings (SSSR count). The summed E-state index contributed by atoms with van der Waals surface area (Å²) in [6.07, 6.45) is 2.33. The van der Waals surface area contributed by atoms with Crippen LogP contribution in [0.15, 0.2) is 29.2 Å². The Balaban J connectivity index is 1.48. The second kappa shape index (κ2) is 9.82. The first-order valence-electron chi connectivity index (χ1n) is 10.1. The second-order valence-corrected chi connectivity index (χ2v) is 9.55. The van der Waals surface area contributed by atoms with Gasteiger partial charge in [0.1, 0.15) is 0 Å². The summed E-state index contributed by atoms with van der Waals surface area (Å²) in [7, 11) is -3.55. The normalized spacial score (nSPS) is 22.1. The third kappa shape index (κ3) is 5.53. The third-order valence-corrected chi connectivity index (χ3v) is 7.35. The molecule has 1 aromatic carbocycles. The van der Waals surface area contributed by atoms with E-state index in [2.05, 4.69) is 10.2 Å². The van der Waals surface area contributed by atoms with Crippen LogP contribution in [0.5, 0.6) is 0 Å². The van der Waals surface area contributed by atoms with Gasteiger partial charge in [-0.3, -0.25) is 9.69 Å². The SMILES string of the molecule is Cc1ccc(S(=O)(=O)N2CCC[C@H](C(=O)NCCCN3CCOCC3)C2)cc1. The average molecular weight is 410 g/mol. The number of ether oxygens (including phenoxy) is 1. The molecule has 2 aliphatic rings. The van der Waals surface area contributed by atoms with Crippen molar-refractivity contribution >= 4 is 15.9 Å². The predicted octanol–water partition coefficient (Wildman–Crippen LogP) is 1.23. The molecule has 0 bridgehead atoms. The number of morpholine rings is 1. The fourth-order valence-corrected chi connectivity index (χ4v) is 5.24. The van der Waals surface area contributed by atoms with Crippen LogP contribution in [-0.2, 0) is 19.6 Å². The lowest BCUT2D eigenvalue weighted by molar-refractivity contribution is -0.126. The lowest BCUT2D eigenvalue weighted by atomic mass is 9.99. The zero-order chi connectivity index (χ0) is 20.0. The van der Waals surface area contributed by atoms with E-state index in [9.17, 15) is 13.2 Å². The first-order chi connectivity index (χ1) is 13.5. The molecule has 0 aromatic heterocycles. The molecule has 2 fully saturated rings. The Morgan fingerprint density at radius 1 is 1.18 bits per heavy atom. The Labute approximate surface area is 168 Å². The van der Waals surface area contributed by atoms with E-state index < -0.39 is 10.0 Å². The lowest BCUT2D eigenvalue weighted by Gasteiger charge is -2.31. The van der Waals surface area contributed by atoms with Crippen molar-refractivity contribution in [3.05, 3.63) is 29.8 Å². The number of sulfonamides is 1. The number of hydrogen-bond donors (Lipinski definition) is 1. The second-order valence-electron chi connectivity index (χ2n) is 7.61. The molecule has 7 nitrogen and oxygen atoms in total. The maximum atomic E-state index is 12.9. The molecule has 1 N–H and O–H groups in total. The largest absolute Gasteiger partial charge is 0.379 e. The van der Waals surface area contributed by atoms with Crippen LogP contribution >= 0.6 is 0 Å². The van der Waals surface area contributed by atoms with Crippen molar-refractivity contribution in [2.75, 3.05) is 52.5 Å². The number of rotatable bonds is 7. The zero-order valence-electron chi connectivity index (χ0n) is 16.6. The van der Waals surface area contributed by atoms with E-state index in [1.807, 2.05) is 6.92 Å². The smallest absolute Gasteiger partial charge is 0.243 e. The van der Waals surface area contributed by atoms with E-state index in [1.54, 1.807) is 24.3 Å². The number of piperidine rings is 1. The van der Waals surface area contributed by atoms with Crippen molar-refractivity contribution in [3.8, 4) is 0 Å². The molecule has 28 heavy (non-hydrogen) atoms. The summed E-state index contributed by atoms with van der Waals surface area (Å²) in [5.74, 6) is -0.317. The number of carbonyl (C=O) groups excluding carboxylic acids is 1. The summed E-state index contributed by atoms with van der Waals surface area (Å²) in [6.45, 7) is 7.67. The van der Waals surface area contributed by atoms with Gasteiger partial charge in [0, 0.05) is 32.7 Å². The van der Waals surface area contributed by atoms with Gasteiger partial charge in [-0.2, -0.15) is 4.31 Å². The van der Waals surface area contributed by atoms with Gasteiger partial charge in [0.05, 0.1) is 24.0 Å². The van der Waals surface area contributed by atoms with E-state index in [0.717, 1.165) is 51.3 Å². The van der Waals surface area contributed by atoms with E-state index in [0.29, 0.717) is 24.4 Å². The van der Waals surface area contributed by atoms with Crippen LogP contribution in [0.3, 0.4) is 0 Å². The third-order valence-electron chi connectivity index (χ3n) is 5.47. The van der Waals surface area contributed by atoms with Crippen LogP contribution < -0.4 is 5.32 Å². The first kappa shape index (κ1) is 21.2. The van der Waals surface area contributed by atoms with E-state index >= 15 is 0 Å². The molecule has 1 atom stereocenters. The Hall–Kier alpha value is -1.48. The minimum absolute atomic E-state index is 0.0363. The van der Waals surface area contributed by atoms with Gasteiger partial charge in [0.25, 0.3) is 0 Å². The van der Waals surface area contributed by atoms with Crippen LogP contribution in [0, 0.1) is 12.8 Å². The van der Waals surface area contributed by atoms with Crippen LogP contribution in [-0.4, -0.2) is 76.0 Å². The summed E-state index contributed by atoms with van der Waals surface area (Å²) in [6, 6.07) is 6.88. The van der Waals surface area contributed by atoms with E-state index in [1.165, 1.54) is 4.31 Å². The molecule has 2 heterocycles. The van der Waals surface area contributed by atoms with Gasteiger partial charge in [-0.25, -0.2) is 8.42 Å². The molecule has 1 aromatic rings. The van der Waals surface area contributed by atoms with Crippen LogP contribution in [0.25, 0.3) is 0 Å². The lowest BCUT2D eigenvalue weighted by Crippen LogP contribution is -2.45. The monoisotopic (exact) mass is 409 g/mol. The maximum absolute atomic E-state index is 12.9. The van der Waals surface area contributed by atoms with Gasteiger partial charge in [-0.15, -0.1) is 0 Å². The first-order valence-corrected chi connectivity index (χ1v) is 11.6. The van der Waals surface area contributed by atoms with Crippen molar-refractivity contribution in [1.82, 2.24) is 14.5 Å². The summed E-state index contributed by atoms with van der Waals surface area (Å²) in [5.41, 5.74) is 1.02. The van der Waals surface area contributed by atoms with E-state index in [4.69, 9.17) is 4.74 Å². The molecule has 0 aliphatic carbocycles. The molecule has 0 radical (unpaired) electrons. The van der Waals surface area contributed by atoms with Crippen molar-refractivity contribution < 1.29 is 17.9 Å². The van der Waals surface area contributed by atoms with Gasteiger partial charge < -0.3 is 10.1 Å². The topological polar surface area (TPSA) is 79.0 Å². The molecule has 1 amide bonds. The fourth-order valence-electron chi connectivity index (χ4n) is 3.72. The predicted molar refractivity (Wildman–Crippen MR) is 108 cm³/mol. The Kier molecular flexibility index (Phi) is 7.45. The Morgan fingerprint density at radius 3 is 2.61 bits per heavy atom. The van der Waals surface area contributed by atoms with Crippen LogP contribution in [0.1, 0.15) is 24.8 Å². The summed E-state index contributed by atoms with van der Waals surface area (Å²) in [5, 5.41) is 2.99. The highest BCUT2D eigenvalue weighted by molar-refractivity contribution is 7.89. The van der Waals surface area contributed by atoms with Gasteiger partial charge in [-0.05, 0) is 44.9 Å². The number of carbonyl (C=O) groups is 1. The molecule has 8 heteroatoms. The highest BCUT2D eigenvalue weighted by Gasteiger charge is 2.33. The Morgan fingerprint density at radius 2 is 1.89 bits per heavy atom. The van der Waals surface area contributed by atoms with Gasteiger partial charge in [0.15, 0.2) is 0 Å². The van der Waals surface area contributed by atoms with Crippen molar-refractivity contribution in [3.63, 3.8) is 0 Å². The minimum atomic E-state index is -3.55. The van der Waals surface area contributed by atoms with Gasteiger partial charge in [-0.1, -0.05) is 17.7 Å². The van der Waals surface area contributed by atoms with Crippen LogP contribution in [0.4, 0.5) is 0 Å². The van der Waals surface area contributed by atoms with Crippen LogP contribution in [0.2, 0.25) is 0 Å². The van der Waals surface area contributed by atoms with Crippen molar-refractivity contribution in [2.24, 2.45) is 5.92 Å². The molecule has 0 spiro atoms. The van der Waals surface area contributed by atoms with Crippen molar-refractivity contribution in [2.45, 2.75) is 31.1 Å². The number of benzene rings is 1. The molecule has 2 saturated heterocycles. The van der Waals surface area contributed by atoms with E-state index in [-0.39, 0.29) is 18.4 Å². The summed E-state index contributed by atoms with van der Waals surface area (Å²) in [4.78, 5) is 15.2. The zero-order valence-corrected chi connectivity index (χ0v) is 17.4. The minimum Gasteiger partial charge on any atom is -0.379 e. The summed E-state index contributed by atoms with van der Waals surface area (Å²) >= 11 is 0. The molecular weight excluding hydrogens is 378 g/mol. The van der Waals surface area contributed by atoms with Gasteiger partial charge >= 0.3 is 0 Å². The number of aryl methyl sites for hydroxylation is 1. The Bertz CT molecular complexity index is 745. The fraction of sp³-hybridized carbons (Fsp3) is 0.650. The molecule has 0 saturated carbocycles. The number of hydrogen-bond acceptors (Lipinski definition) is 5. The summed E-state index contributed by atoms with van der Waals surface area (Å²) < 4.78 is 32.6. The highest BCUT2D eigenvalue weighted by atomic mass is 32.2. The quantitative estimate of drug-likeness (QED) is 0.686. The number of nitrogens with one attached hydrogen (secondary N) is 1. The maximum Gasteiger partial charge on any atom is 0.243 e. The molecule has 0 unspecified atom stereocenters. The highest BCUT2D eigenvalue weighted by Crippen LogP contribution is 2.24. The molecular formula is C20H31N3O4S. The number of amides is 1. The standard InChI is InChI=1S/C20H31N3O4S/c1-17-5-7-19(8-6-17)28(25,26)23-11-2-4-18(16-23)20(24)21-9-3-10-22-12-14-27-15-13-22/h5-8,18H,2-4,9-16H2,1H3,(H,21,24)/t18-/m0/s1. The molecule has 2 aliphatic heterocycles. The molecule has 156 valence electrons. The van der Waals surface area contributed by atoms with Gasteiger partial charge in [0.2, 0.25) is 15.9 Å². The number of nitrogens with zero attached hydrogens (tertiary/aromatic N) is 2. The average Bonchev–Trinajstić information content (AvgIpc) is 2.72. The van der Waals surface area contributed by atoms with Crippen molar-refractivity contribution in [1.29, 1.82) is 0 Å².